The van der Waals surface area contributed by atoms with E-state index in [4.69, 9.17) is 4.74 Å². The van der Waals surface area contributed by atoms with Gasteiger partial charge in [-0.15, -0.1) is 0 Å². The normalized spacial score (nSPS) is 30.1. The Morgan fingerprint density at radius 1 is 0.889 bits per heavy atom. The molecule has 11 heteroatoms. The van der Waals surface area contributed by atoms with E-state index in [0.717, 1.165) is 31.7 Å². The Morgan fingerprint density at radius 3 is 2.08 bits per heavy atom. The summed E-state index contributed by atoms with van der Waals surface area (Å²) in [6.45, 7) is 8.73. The Balaban J connectivity index is 0.00000216. The molecule has 3 aliphatic rings. The molecule has 178 valence electrons. The maximum atomic E-state index is 12.1. The molecule has 0 N–H and O–H groups in total. The van der Waals surface area contributed by atoms with Crippen molar-refractivity contribution >= 4 is 23.5 Å². The summed E-state index contributed by atoms with van der Waals surface area (Å²) in [5, 5.41) is 35.1. The SMILES string of the molecule is CC1(C)CCC[C@]2(C)[C@@H]1CC[C@]1(C)OC(C(=O)[O-])=C(c3ccc(C(=O)[O-])nc3C(=O)[O-])C[C@@H]21.[Na+].[Na+].[Na+]. The summed E-state index contributed by atoms with van der Waals surface area (Å²) in [6.07, 6.45) is 4.99. The van der Waals surface area contributed by atoms with Crippen LogP contribution >= 0.6 is 0 Å². The molecular formula is C25H28NNa3O7. The third kappa shape index (κ3) is 5.82. The van der Waals surface area contributed by atoms with E-state index in [9.17, 15) is 29.7 Å². The maximum Gasteiger partial charge on any atom is 1.00 e. The molecule has 4 rings (SSSR count). The molecule has 0 aromatic carbocycles. The predicted octanol–water partition coefficient (Wildman–Crippen LogP) is -8.30. The molecule has 2 aliphatic carbocycles. The number of allylic oxidation sites excluding steroid dienone is 1. The van der Waals surface area contributed by atoms with Gasteiger partial charge in [-0.25, -0.2) is 4.98 Å². The van der Waals surface area contributed by atoms with Gasteiger partial charge in [-0.2, -0.15) is 0 Å². The number of pyridine rings is 1. The monoisotopic (exact) mass is 523 g/mol. The van der Waals surface area contributed by atoms with Crippen molar-refractivity contribution in [3.8, 4) is 0 Å². The molecule has 4 atom stereocenters. The van der Waals surface area contributed by atoms with Gasteiger partial charge in [0.05, 0.1) is 23.3 Å². The molecule has 2 fully saturated rings. The van der Waals surface area contributed by atoms with Crippen LogP contribution in [0.1, 0.15) is 92.8 Å². The quantitative estimate of drug-likeness (QED) is 0.354. The molecule has 0 unspecified atom stereocenters. The van der Waals surface area contributed by atoms with Crippen LogP contribution in [0.2, 0.25) is 0 Å². The minimum atomic E-state index is -1.71. The molecule has 36 heavy (non-hydrogen) atoms. The fourth-order valence-electron chi connectivity index (χ4n) is 7.14. The van der Waals surface area contributed by atoms with Gasteiger partial charge in [-0.3, -0.25) is 0 Å². The Hall–Kier alpha value is 0.100. The van der Waals surface area contributed by atoms with Crippen molar-refractivity contribution in [2.45, 2.75) is 71.8 Å². The Bertz CT molecular complexity index is 1090. The number of carboxylic acid groups (broad SMARTS) is 3. The summed E-state index contributed by atoms with van der Waals surface area (Å²) in [7, 11) is 0. The summed E-state index contributed by atoms with van der Waals surface area (Å²) in [4.78, 5) is 38.8. The zero-order valence-corrected chi connectivity index (χ0v) is 28.4. The van der Waals surface area contributed by atoms with Crippen LogP contribution in [-0.4, -0.2) is 28.5 Å². The van der Waals surface area contributed by atoms with Crippen molar-refractivity contribution in [3.05, 3.63) is 34.8 Å². The first kappa shape index (κ1) is 34.1. The van der Waals surface area contributed by atoms with Gasteiger partial charge in [-0.1, -0.05) is 33.3 Å². The van der Waals surface area contributed by atoms with Crippen LogP contribution in [0.15, 0.2) is 17.9 Å². The van der Waals surface area contributed by atoms with Gasteiger partial charge in [0, 0.05) is 17.1 Å². The summed E-state index contributed by atoms with van der Waals surface area (Å²) in [5.74, 6) is -4.98. The first-order valence-electron chi connectivity index (χ1n) is 11.4. The summed E-state index contributed by atoms with van der Waals surface area (Å²) >= 11 is 0. The fourth-order valence-corrected chi connectivity index (χ4v) is 7.14. The molecule has 1 aliphatic heterocycles. The minimum absolute atomic E-state index is 0. The van der Waals surface area contributed by atoms with E-state index in [1.54, 1.807) is 0 Å². The topological polar surface area (TPSA) is 143 Å². The number of fused-ring (bicyclic) bond motifs is 3. The van der Waals surface area contributed by atoms with E-state index in [0.29, 0.717) is 12.3 Å². The molecule has 0 amide bonds. The average Bonchev–Trinajstić information content (AvgIpc) is 2.71. The number of aromatic nitrogens is 1. The Labute approximate surface area is 277 Å². The number of hydrogen-bond donors (Lipinski definition) is 0. The Morgan fingerprint density at radius 2 is 1.53 bits per heavy atom. The molecule has 0 bridgehead atoms. The molecular weight excluding hydrogens is 495 g/mol. The van der Waals surface area contributed by atoms with Crippen molar-refractivity contribution < 1.29 is 123 Å². The zero-order valence-electron chi connectivity index (χ0n) is 22.4. The largest absolute Gasteiger partial charge is 1.00 e. The third-order valence-corrected chi connectivity index (χ3v) is 8.56. The number of carbonyl (C=O) groups excluding carboxylic acids is 3. The van der Waals surface area contributed by atoms with Gasteiger partial charge in [-0.05, 0) is 61.8 Å². The van der Waals surface area contributed by atoms with Gasteiger partial charge >= 0.3 is 88.7 Å². The Kier molecular flexibility index (Phi) is 11.5. The number of carboxylic acids is 3. The van der Waals surface area contributed by atoms with Crippen LogP contribution in [0.25, 0.3) is 5.57 Å². The van der Waals surface area contributed by atoms with Crippen molar-refractivity contribution in [1.29, 1.82) is 0 Å². The van der Waals surface area contributed by atoms with Crippen LogP contribution in [0.4, 0.5) is 0 Å². The molecule has 1 aromatic heterocycles. The second-order valence-electron chi connectivity index (χ2n) is 10.9. The van der Waals surface area contributed by atoms with E-state index < -0.39 is 40.7 Å². The first-order valence-corrected chi connectivity index (χ1v) is 11.4. The van der Waals surface area contributed by atoms with Gasteiger partial charge in [0.1, 0.15) is 17.3 Å². The third-order valence-electron chi connectivity index (χ3n) is 8.56. The van der Waals surface area contributed by atoms with Crippen LogP contribution in [0.5, 0.6) is 0 Å². The second-order valence-corrected chi connectivity index (χ2v) is 10.9. The minimum Gasteiger partial charge on any atom is -0.543 e. The molecule has 0 radical (unpaired) electrons. The summed E-state index contributed by atoms with van der Waals surface area (Å²) < 4.78 is 6.15. The maximum absolute atomic E-state index is 12.1. The second kappa shape index (κ2) is 12.1. The zero-order chi connectivity index (χ0) is 24.3. The van der Waals surface area contributed by atoms with E-state index in [2.05, 4.69) is 25.8 Å². The van der Waals surface area contributed by atoms with Crippen LogP contribution in [0, 0.1) is 22.7 Å². The van der Waals surface area contributed by atoms with Gasteiger partial charge < -0.3 is 34.4 Å². The number of ether oxygens (including phenoxy) is 1. The van der Waals surface area contributed by atoms with Crippen LogP contribution in [0.3, 0.4) is 0 Å². The van der Waals surface area contributed by atoms with Crippen molar-refractivity contribution in [2.24, 2.45) is 22.7 Å². The number of carbonyl (C=O) groups is 3. The number of hydrogen-bond acceptors (Lipinski definition) is 8. The van der Waals surface area contributed by atoms with Gasteiger partial charge in [0.25, 0.3) is 0 Å². The van der Waals surface area contributed by atoms with Gasteiger partial charge in [0.2, 0.25) is 0 Å². The molecule has 1 aromatic rings. The molecule has 0 saturated heterocycles. The van der Waals surface area contributed by atoms with Crippen molar-refractivity contribution in [1.82, 2.24) is 4.98 Å². The number of nitrogens with zero attached hydrogens (tertiary/aromatic N) is 1. The smallest absolute Gasteiger partial charge is 0.543 e. The predicted molar refractivity (Wildman–Crippen MR) is 111 cm³/mol. The van der Waals surface area contributed by atoms with Gasteiger partial charge in [0.15, 0.2) is 0 Å². The molecule has 8 nitrogen and oxygen atoms in total. The molecule has 0 spiro atoms. The van der Waals surface area contributed by atoms with Crippen molar-refractivity contribution in [3.63, 3.8) is 0 Å². The van der Waals surface area contributed by atoms with E-state index in [1.165, 1.54) is 6.07 Å². The van der Waals surface area contributed by atoms with Crippen molar-refractivity contribution in [2.75, 3.05) is 0 Å². The molecule has 2 saturated carbocycles. The number of aliphatic carboxylic acids is 1. The van der Waals surface area contributed by atoms with Crippen LogP contribution in [-0.2, 0) is 9.53 Å². The molecule has 2 heterocycles. The number of rotatable bonds is 4. The van der Waals surface area contributed by atoms with Crippen LogP contribution < -0.4 is 104 Å². The number of aromatic carboxylic acids is 2. The standard InChI is InChI=1S/C25H31NO7.3Na/c1-23(2)9-5-10-24(3)16(23)8-11-25(4)17(24)12-14(19(33-25)22(31)32)13-6-7-15(20(27)28)26-18(13)21(29)30;;;/h6-7,16-17H,5,8-12H2,1-4H3,(H,27,28)(H,29,30)(H,31,32);;;/q;3*+1/p-3/t16-,17+,24-,25+;;;/m1.../s1. The van der Waals surface area contributed by atoms with E-state index in [-0.39, 0.29) is 123 Å². The first-order chi connectivity index (χ1) is 15.3. The summed E-state index contributed by atoms with van der Waals surface area (Å²) in [5.41, 5.74) is -1.86. The summed E-state index contributed by atoms with van der Waals surface area (Å²) in [6, 6.07) is 2.33. The fraction of sp³-hybridized carbons (Fsp3) is 0.600. The van der Waals surface area contributed by atoms with E-state index >= 15 is 0 Å². The van der Waals surface area contributed by atoms with E-state index in [1.807, 2.05) is 6.92 Å². The average molecular weight is 523 g/mol.